The first kappa shape index (κ1) is 9.88. The molecule has 0 spiro atoms. The van der Waals surface area contributed by atoms with Gasteiger partial charge in [-0.1, -0.05) is 0 Å². The standard InChI is InChI=1S/C7H18N2O/c1-5-10-9-6-7(2,3)8-4/h8-9H,5-6H2,1-4H3. The maximum atomic E-state index is 4.98. The summed E-state index contributed by atoms with van der Waals surface area (Å²) in [7, 11) is 1.94. The quantitative estimate of drug-likeness (QED) is 0.438. The molecule has 0 amide bonds. The van der Waals surface area contributed by atoms with E-state index in [4.69, 9.17) is 4.84 Å². The lowest BCUT2D eigenvalue weighted by atomic mass is 10.1. The summed E-state index contributed by atoms with van der Waals surface area (Å²) in [6, 6.07) is 0. The van der Waals surface area contributed by atoms with Gasteiger partial charge in [-0.05, 0) is 27.8 Å². The Morgan fingerprint density at radius 2 is 2.00 bits per heavy atom. The normalized spacial score (nSPS) is 12.0. The van der Waals surface area contributed by atoms with Gasteiger partial charge in [-0.25, -0.2) is 5.48 Å². The van der Waals surface area contributed by atoms with Gasteiger partial charge < -0.3 is 10.2 Å². The first-order valence-corrected chi connectivity index (χ1v) is 3.66. The third kappa shape index (κ3) is 4.73. The smallest absolute Gasteiger partial charge is 0.0653 e. The Kier molecular flexibility index (Phi) is 4.60. The van der Waals surface area contributed by atoms with Gasteiger partial charge in [0.05, 0.1) is 6.61 Å². The van der Waals surface area contributed by atoms with Crippen LogP contribution in [0.2, 0.25) is 0 Å². The molecule has 0 aromatic heterocycles. The molecule has 0 unspecified atom stereocenters. The van der Waals surface area contributed by atoms with Crippen LogP contribution in [-0.2, 0) is 4.84 Å². The van der Waals surface area contributed by atoms with Crippen LogP contribution in [0.15, 0.2) is 0 Å². The number of hydroxylamine groups is 1. The minimum absolute atomic E-state index is 0.106. The predicted molar refractivity (Wildman–Crippen MR) is 42.8 cm³/mol. The van der Waals surface area contributed by atoms with Gasteiger partial charge in [0.2, 0.25) is 0 Å². The molecule has 0 rings (SSSR count). The fourth-order valence-corrected chi connectivity index (χ4v) is 0.422. The third-order valence-corrected chi connectivity index (χ3v) is 1.44. The number of hydrogen-bond donors (Lipinski definition) is 2. The van der Waals surface area contributed by atoms with Crippen molar-refractivity contribution in [2.45, 2.75) is 26.3 Å². The summed E-state index contributed by atoms with van der Waals surface area (Å²) in [6.07, 6.45) is 0. The molecule has 62 valence electrons. The molecule has 0 saturated heterocycles. The van der Waals surface area contributed by atoms with Crippen LogP contribution < -0.4 is 10.8 Å². The maximum Gasteiger partial charge on any atom is 0.0653 e. The predicted octanol–water partition coefficient (Wildman–Crippen LogP) is 0.525. The fraction of sp³-hybridized carbons (Fsp3) is 1.00. The minimum atomic E-state index is 0.106. The van der Waals surface area contributed by atoms with Gasteiger partial charge in [0.25, 0.3) is 0 Å². The summed E-state index contributed by atoms with van der Waals surface area (Å²) in [5.41, 5.74) is 2.97. The van der Waals surface area contributed by atoms with Gasteiger partial charge in [-0.15, -0.1) is 0 Å². The highest BCUT2D eigenvalue weighted by Crippen LogP contribution is 1.96. The van der Waals surface area contributed by atoms with Gasteiger partial charge in [-0.3, -0.25) is 0 Å². The maximum absolute atomic E-state index is 4.98. The highest BCUT2D eigenvalue weighted by Gasteiger charge is 2.12. The molecular weight excluding hydrogens is 128 g/mol. The van der Waals surface area contributed by atoms with Crippen LogP contribution in [0.25, 0.3) is 0 Å². The summed E-state index contributed by atoms with van der Waals surface area (Å²) in [6.45, 7) is 7.70. The molecular formula is C7H18N2O. The van der Waals surface area contributed by atoms with Crippen LogP contribution in [0.4, 0.5) is 0 Å². The van der Waals surface area contributed by atoms with Gasteiger partial charge in [-0.2, -0.15) is 0 Å². The molecule has 0 radical (unpaired) electrons. The van der Waals surface area contributed by atoms with E-state index < -0.39 is 0 Å². The van der Waals surface area contributed by atoms with Crippen molar-refractivity contribution in [3.05, 3.63) is 0 Å². The van der Waals surface area contributed by atoms with Crippen molar-refractivity contribution in [1.82, 2.24) is 10.8 Å². The first-order valence-electron chi connectivity index (χ1n) is 3.66. The number of nitrogens with one attached hydrogen (secondary N) is 2. The molecule has 0 bridgehead atoms. The minimum Gasteiger partial charge on any atom is -0.313 e. The highest BCUT2D eigenvalue weighted by atomic mass is 16.6. The first-order chi connectivity index (χ1) is 4.62. The summed E-state index contributed by atoms with van der Waals surface area (Å²) in [5, 5.41) is 3.16. The molecule has 0 atom stereocenters. The van der Waals surface area contributed by atoms with E-state index in [9.17, 15) is 0 Å². The number of rotatable bonds is 5. The van der Waals surface area contributed by atoms with Gasteiger partial charge in [0.15, 0.2) is 0 Å². The van der Waals surface area contributed by atoms with Crippen LogP contribution in [0, 0.1) is 0 Å². The van der Waals surface area contributed by atoms with Crippen molar-refractivity contribution in [1.29, 1.82) is 0 Å². The molecule has 0 aromatic carbocycles. The van der Waals surface area contributed by atoms with E-state index in [-0.39, 0.29) is 5.54 Å². The van der Waals surface area contributed by atoms with Crippen molar-refractivity contribution in [3.63, 3.8) is 0 Å². The molecule has 0 aliphatic rings. The van der Waals surface area contributed by atoms with Gasteiger partial charge in [0, 0.05) is 12.1 Å². The van der Waals surface area contributed by atoms with Crippen molar-refractivity contribution in [3.8, 4) is 0 Å². The lowest BCUT2D eigenvalue weighted by Gasteiger charge is -2.23. The lowest BCUT2D eigenvalue weighted by Crippen LogP contribution is -2.45. The zero-order valence-electron chi connectivity index (χ0n) is 7.32. The average Bonchev–Trinajstić information content (AvgIpc) is 1.89. The SMILES string of the molecule is CCONCC(C)(C)NC. The van der Waals surface area contributed by atoms with E-state index in [0.717, 1.165) is 6.54 Å². The summed E-state index contributed by atoms with van der Waals surface area (Å²) < 4.78 is 0. The Bertz CT molecular complexity index is 83.7. The summed E-state index contributed by atoms with van der Waals surface area (Å²) >= 11 is 0. The molecule has 0 heterocycles. The summed E-state index contributed by atoms with van der Waals surface area (Å²) in [4.78, 5) is 4.98. The Morgan fingerprint density at radius 1 is 1.40 bits per heavy atom. The van der Waals surface area contributed by atoms with Crippen LogP contribution in [0.1, 0.15) is 20.8 Å². The molecule has 2 N–H and O–H groups in total. The molecule has 0 aliphatic heterocycles. The zero-order valence-corrected chi connectivity index (χ0v) is 7.32. The Hall–Kier alpha value is -0.120. The van der Waals surface area contributed by atoms with Crippen molar-refractivity contribution in [2.24, 2.45) is 0 Å². The second-order valence-electron chi connectivity index (χ2n) is 2.89. The molecule has 0 fully saturated rings. The van der Waals surface area contributed by atoms with Crippen LogP contribution in [0.3, 0.4) is 0 Å². The second-order valence-corrected chi connectivity index (χ2v) is 2.89. The monoisotopic (exact) mass is 146 g/mol. The third-order valence-electron chi connectivity index (χ3n) is 1.44. The van der Waals surface area contributed by atoms with Gasteiger partial charge >= 0.3 is 0 Å². The Morgan fingerprint density at radius 3 is 2.40 bits per heavy atom. The molecule has 10 heavy (non-hydrogen) atoms. The van der Waals surface area contributed by atoms with Crippen molar-refractivity contribution in [2.75, 3.05) is 20.2 Å². The zero-order chi connectivity index (χ0) is 8.04. The number of hydrogen-bond acceptors (Lipinski definition) is 3. The van der Waals surface area contributed by atoms with E-state index >= 15 is 0 Å². The topological polar surface area (TPSA) is 33.3 Å². The second kappa shape index (κ2) is 4.66. The van der Waals surface area contributed by atoms with Gasteiger partial charge in [0.1, 0.15) is 0 Å². The fourth-order valence-electron chi connectivity index (χ4n) is 0.422. The van der Waals surface area contributed by atoms with Crippen molar-refractivity contribution >= 4 is 0 Å². The molecule has 3 nitrogen and oxygen atoms in total. The molecule has 3 heteroatoms. The molecule has 0 aliphatic carbocycles. The van der Waals surface area contributed by atoms with E-state index in [1.54, 1.807) is 0 Å². The Labute approximate surface area is 63.1 Å². The van der Waals surface area contributed by atoms with E-state index in [1.807, 2.05) is 14.0 Å². The van der Waals surface area contributed by atoms with E-state index in [1.165, 1.54) is 0 Å². The molecule has 0 saturated carbocycles. The van der Waals surface area contributed by atoms with Crippen LogP contribution >= 0.6 is 0 Å². The van der Waals surface area contributed by atoms with Crippen LogP contribution in [-0.4, -0.2) is 25.7 Å². The lowest BCUT2D eigenvalue weighted by molar-refractivity contribution is 0.0377. The molecule has 0 aromatic rings. The number of likely N-dealkylation sites (N-methyl/N-ethyl adjacent to an activating group) is 1. The van der Waals surface area contributed by atoms with Crippen LogP contribution in [0.5, 0.6) is 0 Å². The largest absolute Gasteiger partial charge is 0.313 e. The van der Waals surface area contributed by atoms with E-state index in [0.29, 0.717) is 6.61 Å². The van der Waals surface area contributed by atoms with E-state index in [2.05, 4.69) is 24.6 Å². The Balaban J connectivity index is 3.28. The average molecular weight is 146 g/mol. The highest BCUT2D eigenvalue weighted by molar-refractivity contribution is 4.75. The summed E-state index contributed by atoms with van der Waals surface area (Å²) in [5.74, 6) is 0. The van der Waals surface area contributed by atoms with Crippen molar-refractivity contribution < 1.29 is 4.84 Å².